The zero-order valence-corrected chi connectivity index (χ0v) is 33.1. The molecule has 7 heteroatoms. The zero-order chi connectivity index (χ0) is 36.7. The Morgan fingerprint density at radius 2 is 1.66 bits per heavy atom. The van der Waals surface area contributed by atoms with Crippen molar-refractivity contribution < 1.29 is 28.9 Å². The van der Waals surface area contributed by atoms with Gasteiger partial charge in [0.2, 0.25) is 5.91 Å². The van der Waals surface area contributed by atoms with Gasteiger partial charge in [-0.1, -0.05) is 51.5 Å². The van der Waals surface area contributed by atoms with E-state index in [4.69, 9.17) is 14.2 Å². The first-order valence-corrected chi connectivity index (χ1v) is 20.0. The lowest BCUT2D eigenvalue weighted by Gasteiger charge is -2.67. The van der Waals surface area contributed by atoms with E-state index in [1.54, 1.807) is 5.57 Å². The molecule has 0 aromatic heterocycles. The predicted octanol–water partition coefficient (Wildman–Crippen LogP) is 8.68. The number of hydrogen-bond donors (Lipinski definition) is 2. The van der Waals surface area contributed by atoms with Crippen molar-refractivity contribution in [1.82, 2.24) is 5.32 Å². The molecule has 1 aliphatic heterocycles. The highest BCUT2D eigenvalue weighted by atomic mass is 16.7. The first-order valence-electron chi connectivity index (χ1n) is 20.0. The number of aliphatic hydroxyl groups is 1. The van der Waals surface area contributed by atoms with Crippen molar-refractivity contribution in [2.75, 3.05) is 6.54 Å². The lowest BCUT2D eigenvalue weighted by molar-refractivity contribution is -0.300. The summed E-state index contributed by atoms with van der Waals surface area (Å²) >= 11 is 0. The van der Waals surface area contributed by atoms with Crippen LogP contribution in [-0.4, -0.2) is 53.2 Å². The third kappa shape index (κ3) is 6.57. The normalized spacial score (nSPS) is 43.3. The molecule has 0 aromatic carbocycles. The Morgan fingerprint density at radius 1 is 0.960 bits per heavy atom. The van der Waals surface area contributed by atoms with Gasteiger partial charge in [-0.25, -0.2) is 0 Å². The minimum atomic E-state index is -0.813. The molecular formula is C43H69NO6. The second kappa shape index (κ2) is 13.0. The molecule has 6 rings (SSSR count). The molecular weight excluding hydrogens is 626 g/mol. The summed E-state index contributed by atoms with van der Waals surface area (Å²) in [6, 6.07) is 0. The molecule has 0 aromatic rings. The number of esters is 1. The van der Waals surface area contributed by atoms with Crippen molar-refractivity contribution in [2.45, 2.75) is 176 Å². The number of allylic oxidation sites excluding steroid dienone is 3. The van der Waals surface area contributed by atoms with Gasteiger partial charge < -0.3 is 24.6 Å². The van der Waals surface area contributed by atoms with Gasteiger partial charge in [0.1, 0.15) is 5.60 Å². The van der Waals surface area contributed by atoms with Gasteiger partial charge in [0, 0.05) is 13.0 Å². The molecule has 0 radical (unpaired) electrons. The quantitative estimate of drug-likeness (QED) is 0.205. The molecule has 0 bridgehead atoms. The van der Waals surface area contributed by atoms with Crippen LogP contribution in [-0.2, 0) is 23.8 Å². The van der Waals surface area contributed by atoms with Crippen LogP contribution in [0, 0.1) is 51.2 Å². The molecule has 5 fully saturated rings. The predicted molar refractivity (Wildman–Crippen MR) is 197 cm³/mol. The maximum Gasteiger partial charge on any atom is 0.308 e. The van der Waals surface area contributed by atoms with Gasteiger partial charge in [0.15, 0.2) is 5.79 Å². The van der Waals surface area contributed by atoms with E-state index >= 15 is 0 Å². The third-order valence-corrected chi connectivity index (χ3v) is 15.0. The van der Waals surface area contributed by atoms with Crippen molar-refractivity contribution in [3.05, 3.63) is 23.8 Å². The van der Waals surface area contributed by atoms with Gasteiger partial charge in [-0.15, -0.1) is 0 Å². The fourth-order valence-corrected chi connectivity index (χ4v) is 13.1. The van der Waals surface area contributed by atoms with E-state index in [1.807, 2.05) is 34.6 Å². The fourth-order valence-electron chi connectivity index (χ4n) is 13.1. The molecule has 6 aliphatic rings. The van der Waals surface area contributed by atoms with Gasteiger partial charge in [0.05, 0.1) is 30.1 Å². The first kappa shape index (κ1) is 38.0. The standard InChI is InChI=1S/C43H69NO6/c1-26(2)29-14-21-43(37(47)44-23-18-27-24-28(49-40(8,9)48-27)25-35(46)50-38(3,4)5)22-15-31-30(36(29)43)12-13-33-41(31,10)19-16-32-39(6,7)34(45)17-20-42(32,33)11/h15,27-30,32-34,36,45H,1,12-14,16-25H2,2-11H3,(H,44,47)/t27?,28?,29-,30-,32-,33-,34?,36+,41-,42-,43-/m0/s1. The van der Waals surface area contributed by atoms with Crippen LogP contribution >= 0.6 is 0 Å². The van der Waals surface area contributed by atoms with E-state index in [0.29, 0.717) is 43.1 Å². The van der Waals surface area contributed by atoms with Crippen LogP contribution in [0.4, 0.5) is 0 Å². The lowest BCUT2D eigenvalue weighted by atomic mass is 9.38. The summed E-state index contributed by atoms with van der Waals surface area (Å²) in [5.41, 5.74) is 2.24. The molecule has 1 amide bonds. The van der Waals surface area contributed by atoms with E-state index in [1.165, 1.54) is 24.8 Å². The van der Waals surface area contributed by atoms with Crippen molar-refractivity contribution in [3.8, 4) is 0 Å². The van der Waals surface area contributed by atoms with Crippen LogP contribution in [0.1, 0.15) is 146 Å². The summed E-state index contributed by atoms with van der Waals surface area (Å²) in [4.78, 5) is 27.1. The lowest BCUT2D eigenvalue weighted by Crippen LogP contribution is -2.61. The van der Waals surface area contributed by atoms with Crippen molar-refractivity contribution in [2.24, 2.45) is 51.2 Å². The second-order valence-corrected chi connectivity index (χ2v) is 20.1. The topological polar surface area (TPSA) is 94.1 Å². The van der Waals surface area contributed by atoms with Crippen LogP contribution in [0.5, 0.6) is 0 Å². The number of hydrogen-bond acceptors (Lipinski definition) is 6. The molecule has 11 atom stereocenters. The van der Waals surface area contributed by atoms with Crippen LogP contribution in [0.3, 0.4) is 0 Å². The van der Waals surface area contributed by atoms with Crippen LogP contribution in [0.15, 0.2) is 23.8 Å². The summed E-state index contributed by atoms with van der Waals surface area (Å²) in [6.45, 7) is 26.4. The van der Waals surface area contributed by atoms with E-state index in [9.17, 15) is 14.7 Å². The van der Waals surface area contributed by atoms with E-state index < -0.39 is 16.8 Å². The average Bonchev–Trinajstić information content (AvgIpc) is 3.39. The Morgan fingerprint density at radius 3 is 2.34 bits per heavy atom. The molecule has 5 aliphatic carbocycles. The molecule has 7 nitrogen and oxygen atoms in total. The molecule has 3 unspecified atom stereocenters. The largest absolute Gasteiger partial charge is 0.460 e. The number of nitrogens with one attached hydrogen (secondary N) is 1. The van der Waals surface area contributed by atoms with E-state index in [2.05, 4.69) is 52.6 Å². The number of fused-ring (bicyclic) bond motifs is 7. The molecule has 50 heavy (non-hydrogen) atoms. The fraction of sp³-hybridized carbons (Fsp3) is 0.860. The third-order valence-electron chi connectivity index (χ3n) is 15.0. The summed E-state index contributed by atoms with van der Waals surface area (Å²) < 4.78 is 18.0. The highest BCUT2D eigenvalue weighted by Gasteiger charge is 2.66. The van der Waals surface area contributed by atoms with Gasteiger partial charge in [-0.2, -0.15) is 0 Å². The summed E-state index contributed by atoms with van der Waals surface area (Å²) in [6.07, 6.45) is 12.8. The number of aliphatic hydroxyl groups excluding tert-OH is 1. The number of amides is 1. The summed E-state index contributed by atoms with van der Waals surface area (Å²) in [5, 5.41) is 14.5. The molecule has 2 N–H and O–H groups in total. The summed E-state index contributed by atoms with van der Waals surface area (Å²) in [7, 11) is 0. The van der Waals surface area contributed by atoms with Crippen molar-refractivity contribution in [3.63, 3.8) is 0 Å². The minimum absolute atomic E-state index is 0.0552. The van der Waals surface area contributed by atoms with Gasteiger partial charge in [-0.3, -0.25) is 9.59 Å². The molecule has 0 spiro atoms. The number of carbonyl (C=O) groups excluding carboxylic acids is 2. The Balaban J connectivity index is 1.17. The average molecular weight is 696 g/mol. The number of carbonyl (C=O) groups is 2. The molecule has 1 saturated heterocycles. The number of rotatable bonds is 7. The molecule has 282 valence electrons. The van der Waals surface area contributed by atoms with Crippen LogP contribution in [0.25, 0.3) is 0 Å². The smallest absolute Gasteiger partial charge is 0.308 e. The second-order valence-electron chi connectivity index (χ2n) is 20.1. The van der Waals surface area contributed by atoms with Crippen molar-refractivity contribution >= 4 is 11.9 Å². The summed E-state index contributed by atoms with van der Waals surface area (Å²) in [5.74, 6) is 1.32. The number of ether oxygens (including phenoxy) is 3. The van der Waals surface area contributed by atoms with Crippen molar-refractivity contribution in [1.29, 1.82) is 0 Å². The minimum Gasteiger partial charge on any atom is -0.460 e. The first-order chi connectivity index (χ1) is 23.1. The van der Waals surface area contributed by atoms with E-state index in [-0.39, 0.29) is 58.8 Å². The maximum absolute atomic E-state index is 14.5. The highest BCUT2D eigenvalue weighted by Crippen LogP contribution is 2.72. The van der Waals surface area contributed by atoms with Gasteiger partial charge in [0.25, 0.3) is 0 Å². The van der Waals surface area contributed by atoms with Crippen LogP contribution in [0.2, 0.25) is 0 Å². The van der Waals surface area contributed by atoms with Gasteiger partial charge in [-0.05, 0) is 152 Å². The highest BCUT2D eigenvalue weighted by molar-refractivity contribution is 5.84. The van der Waals surface area contributed by atoms with Crippen LogP contribution < -0.4 is 5.32 Å². The maximum atomic E-state index is 14.5. The van der Waals surface area contributed by atoms with Gasteiger partial charge >= 0.3 is 5.97 Å². The Kier molecular flexibility index (Phi) is 9.89. The Labute approximate surface area is 303 Å². The monoisotopic (exact) mass is 696 g/mol. The SMILES string of the molecule is C=C(C)[C@@H]1CC[C@]2(C(=O)NCCC3CC(CC(=O)OC(C)(C)C)OC(C)(C)O3)CC=C3[C@H](CC[C@@H]4[C@@]5(C)CCC(O)C(C)(C)[C@@H]5CC[C@@]34C)[C@@H]12. The molecule has 4 saturated carbocycles. The Hall–Kier alpha value is -1.70. The zero-order valence-electron chi connectivity index (χ0n) is 33.1. The molecule has 1 heterocycles. The Bertz CT molecular complexity index is 1380. The van der Waals surface area contributed by atoms with E-state index in [0.717, 1.165) is 38.5 Å².